The normalized spacial score (nSPS) is 10.7. The molecular weight excluding hydrogens is 322 g/mol. The lowest BCUT2D eigenvalue weighted by molar-refractivity contribution is -0.385. The van der Waals surface area contributed by atoms with Crippen LogP contribution < -0.4 is 0 Å². The van der Waals surface area contributed by atoms with Crippen LogP contribution in [0.1, 0.15) is 0 Å². The van der Waals surface area contributed by atoms with Gasteiger partial charge in [-0.3, -0.25) is 10.1 Å². The number of aromatic nitrogens is 2. The van der Waals surface area contributed by atoms with Crippen LogP contribution in [0.5, 0.6) is 23.0 Å². The van der Waals surface area contributed by atoms with Crippen molar-refractivity contribution < 1.29 is 29.9 Å². The maximum Gasteiger partial charge on any atom is 0.315 e. The van der Waals surface area contributed by atoms with Crippen molar-refractivity contribution in [2.24, 2.45) is 0 Å². The third-order valence-electron chi connectivity index (χ3n) is 3.18. The van der Waals surface area contributed by atoms with Gasteiger partial charge in [0, 0.05) is 6.07 Å². The number of phenols is 4. The van der Waals surface area contributed by atoms with E-state index in [0.29, 0.717) is 0 Å². The molecule has 0 atom stereocenters. The summed E-state index contributed by atoms with van der Waals surface area (Å²) in [5.74, 6) is -2.57. The molecule has 3 rings (SSSR count). The number of phenolic OH excluding ortho intramolecular Hbond substituents is 4. The van der Waals surface area contributed by atoms with E-state index in [1.54, 1.807) is 0 Å². The van der Waals surface area contributed by atoms with E-state index < -0.39 is 22.1 Å². The molecule has 0 unspecified atom stereocenters. The van der Waals surface area contributed by atoms with E-state index >= 15 is 0 Å². The zero-order chi connectivity index (χ0) is 17.4. The maximum absolute atomic E-state index is 10.9. The largest absolute Gasteiger partial charge is 0.507 e. The molecule has 0 fully saturated rings. The van der Waals surface area contributed by atoms with Crippen LogP contribution in [0.3, 0.4) is 0 Å². The van der Waals surface area contributed by atoms with Crippen LogP contribution in [0.25, 0.3) is 22.8 Å². The van der Waals surface area contributed by atoms with E-state index in [0.717, 1.165) is 12.1 Å². The molecular formula is C14H9N3O7. The third kappa shape index (κ3) is 2.41. The van der Waals surface area contributed by atoms with Crippen LogP contribution >= 0.6 is 0 Å². The second-order valence-electron chi connectivity index (χ2n) is 4.71. The number of nitrogens with zero attached hydrogens (tertiary/aromatic N) is 3. The van der Waals surface area contributed by atoms with Crippen LogP contribution in [-0.2, 0) is 0 Å². The van der Waals surface area contributed by atoms with Gasteiger partial charge in [-0.15, -0.1) is 0 Å². The Morgan fingerprint density at radius 1 is 1.04 bits per heavy atom. The van der Waals surface area contributed by atoms with Gasteiger partial charge in [-0.1, -0.05) is 11.2 Å². The first-order valence-electron chi connectivity index (χ1n) is 6.44. The molecule has 0 aliphatic carbocycles. The van der Waals surface area contributed by atoms with Crippen molar-refractivity contribution in [1.82, 2.24) is 10.1 Å². The molecule has 0 amide bonds. The van der Waals surface area contributed by atoms with Crippen molar-refractivity contribution in [3.63, 3.8) is 0 Å². The molecule has 10 heteroatoms. The van der Waals surface area contributed by atoms with E-state index in [2.05, 4.69) is 10.1 Å². The van der Waals surface area contributed by atoms with E-state index in [1.165, 1.54) is 18.2 Å². The zero-order valence-electron chi connectivity index (χ0n) is 11.7. The minimum absolute atomic E-state index is 0.0225. The minimum Gasteiger partial charge on any atom is -0.507 e. The van der Waals surface area contributed by atoms with Crippen molar-refractivity contribution in [3.8, 4) is 45.8 Å². The first-order chi connectivity index (χ1) is 11.4. The van der Waals surface area contributed by atoms with E-state index in [-0.39, 0.29) is 34.3 Å². The molecule has 0 aliphatic rings. The summed E-state index contributed by atoms with van der Waals surface area (Å²) in [5.41, 5.74) is -0.842. The summed E-state index contributed by atoms with van der Waals surface area (Å²) >= 11 is 0. The van der Waals surface area contributed by atoms with Crippen LogP contribution in [0.4, 0.5) is 5.69 Å². The van der Waals surface area contributed by atoms with E-state index in [4.69, 9.17) is 4.52 Å². The molecule has 0 saturated carbocycles. The molecule has 3 aromatic rings. The first kappa shape index (κ1) is 15.1. The lowest BCUT2D eigenvalue weighted by Crippen LogP contribution is -1.90. The van der Waals surface area contributed by atoms with Gasteiger partial charge in [0.2, 0.25) is 11.6 Å². The number of benzene rings is 2. The van der Waals surface area contributed by atoms with Crippen molar-refractivity contribution in [3.05, 3.63) is 40.4 Å². The predicted molar refractivity (Wildman–Crippen MR) is 78.5 cm³/mol. The second-order valence-corrected chi connectivity index (χ2v) is 4.71. The van der Waals surface area contributed by atoms with Gasteiger partial charge in [0.15, 0.2) is 5.75 Å². The molecule has 24 heavy (non-hydrogen) atoms. The third-order valence-corrected chi connectivity index (χ3v) is 3.18. The summed E-state index contributed by atoms with van der Waals surface area (Å²) < 4.78 is 4.95. The highest BCUT2D eigenvalue weighted by Gasteiger charge is 2.23. The summed E-state index contributed by atoms with van der Waals surface area (Å²) in [6.07, 6.45) is 0. The number of nitro groups is 1. The average molecular weight is 331 g/mol. The minimum atomic E-state index is -0.887. The molecule has 2 aromatic carbocycles. The van der Waals surface area contributed by atoms with Gasteiger partial charge in [0.05, 0.1) is 10.5 Å². The summed E-state index contributed by atoms with van der Waals surface area (Å²) in [5, 5.41) is 53.1. The Bertz CT molecular complexity index is 931. The maximum atomic E-state index is 10.9. The molecule has 0 radical (unpaired) electrons. The molecule has 0 bridgehead atoms. The molecule has 1 aromatic heterocycles. The van der Waals surface area contributed by atoms with E-state index in [9.17, 15) is 30.5 Å². The fourth-order valence-corrected chi connectivity index (χ4v) is 2.07. The van der Waals surface area contributed by atoms with Gasteiger partial charge in [-0.05, 0) is 18.2 Å². The smallest absolute Gasteiger partial charge is 0.315 e. The molecule has 0 spiro atoms. The lowest BCUT2D eigenvalue weighted by atomic mass is 10.1. The summed E-state index contributed by atoms with van der Waals surface area (Å²) in [6.45, 7) is 0. The Labute approximate surface area is 133 Å². The summed E-state index contributed by atoms with van der Waals surface area (Å²) in [7, 11) is 0. The van der Waals surface area contributed by atoms with Gasteiger partial charge >= 0.3 is 5.69 Å². The molecule has 4 N–H and O–H groups in total. The van der Waals surface area contributed by atoms with Crippen LogP contribution in [0, 0.1) is 10.1 Å². The van der Waals surface area contributed by atoms with Gasteiger partial charge in [0.1, 0.15) is 17.1 Å². The monoisotopic (exact) mass is 331 g/mol. The van der Waals surface area contributed by atoms with Gasteiger partial charge in [-0.2, -0.15) is 4.98 Å². The van der Waals surface area contributed by atoms with E-state index in [1.807, 2.05) is 0 Å². The lowest BCUT2D eigenvalue weighted by Gasteiger charge is -2.02. The molecule has 122 valence electrons. The number of hydrogen-bond donors (Lipinski definition) is 4. The van der Waals surface area contributed by atoms with Crippen LogP contribution in [0.2, 0.25) is 0 Å². The second kappa shape index (κ2) is 5.43. The fraction of sp³-hybridized carbons (Fsp3) is 0. The molecule has 1 heterocycles. The Balaban J connectivity index is 2.11. The summed E-state index contributed by atoms with van der Waals surface area (Å²) in [6, 6.07) is 5.97. The first-order valence-corrected chi connectivity index (χ1v) is 6.44. The fourth-order valence-electron chi connectivity index (χ4n) is 2.07. The zero-order valence-corrected chi connectivity index (χ0v) is 11.7. The van der Waals surface area contributed by atoms with Crippen LogP contribution in [0.15, 0.2) is 34.9 Å². The standard InChI is InChI=1S/C14H9N3O7/c18-8-2-1-3-9(19)11(8)13-15-14(24-16-13)6-4-7(17(22)23)12(21)10(20)5-6/h1-5,18-21H. The Morgan fingerprint density at radius 2 is 1.71 bits per heavy atom. The van der Waals surface area contributed by atoms with Crippen molar-refractivity contribution >= 4 is 5.69 Å². The molecule has 0 saturated heterocycles. The van der Waals surface area contributed by atoms with Gasteiger partial charge in [0.25, 0.3) is 5.89 Å². The van der Waals surface area contributed by atoms with Crippen molar-refractivity contribution in [2.45, 2.75) is 0 Å². The highest BCUT2D eigenvalue weighted by Crippen LogP contribution is 2.40. The van der Waals surface area contributed by atoms with Crippen LogP contribution in [-0.4, -0.2) is 35.5 Å². The number of hydrogen-bond acceptors (Lipinski definition) is 9. The quantitative estimate of drug-likeness (QED) is 0.320. The Morgan fingerprint density at radius 3 is 2.33 bits per heavy atom. The Hall–Kier alpha value is -3.82. The number of rotatable bonds is 3. The average Bonchev–Trinajstić information content (AvgIpc) is 2.99. The highest BCUT2D eigenvalue weighted by molar-refractivity contribution is 5.73. The Kier molecular flexibility index (Phi) is 3.41. The molecule has 0 aliphatic heterocycles. The number of nitro benzene ring substituents is 1. The van der Waals surface area contributed by atoms with Crippen molar-refractivity contribution in [1.29, 1.82) is 0 Å². The van der Waals surface area contributed by atoms with Crippen molar-refractivity contribution in [2.75, 3.05) is 0 Å². The number of aromatic hydroxyl groups is 4. The highest BCUT2D eigenvalue weighted by atomic mass is 16.6. The van der Waals surface area contributed by atoms with Gasteiger partial charge < -0.3 is 24.9 Å². The molecule has 10 nitrogen and oxygen atoms in total. The van der Waals surface area contributed by atoms with Gasteiger partial charge in [-0.25, -0.2) is 0 Å². The topological polar surface area (TPSA) is 163 Å². The SMILES string of the molecule is O=[N+]([O-])c1cc(-c2nc(-c3c(O)cccc3O)no2)cc(O)c1O. The summed E-state index contributed by atoms with van der Waals surface area (Å²) in [4.78, 5) is 13.9. The predicted octanol–water partition coefficient (Wildman–Crippen LogP) is 2.13.